The zero-order chi connectivity index (χ0) is 9.52. The molecule has 0 aromatic carbocycles. The van der Waals surface area contributed by atoms with Gasteiger partial charge < -0.3 is 10.8 Å². The van der Waals surface area contributed by atoms with Crippen LogP contribution in [0.3, 0.4) is 0 Å². The van der Waals surface area contributed by atoms with Crippen molar-refractivity contribution in [3.05, 3.63) is 0 Å². The molecule has 6 nitrogen and oxygen atoms in total. The molecule has 1 aliphatic rings. The van der Waals surface area contributed by atoms with Gasteiger partial charge in [-0.1, -0.05) is 0 Å². The van der Waals surface area contributed by atoms with Crippen molar-refractivity contribution >= 4 is 16.1 Å². The number of carboxylic acids is 1. The molecule has 1 fully saturated rings. The van der Waals surface area contributed by atoms with Crippen molar-refractivity contribution in [2.75, 3.05) is 0 Å². The lowest BCUT2D eigenvalue weighted by Gasteiger charge is -2.02. The highest BCUT2D eigenvalue weighted by molar-refractivity contribution is 7.86. The molecule has 12 heavy (non-hydrogen) atoms. The first kappa shape index (κ1) is 9.43. The maximum absolute atomic E-state index is 10.4. The lowest BCUT2D eigenvalue weighted by Crippen LogP contribution is -2.34. The predicted molar refractivity (Wildman–Crippen MR) is 39.1 cm³/mol. The Bertz CT molecular complexity index is 297. The number of carbonyl (C=O) groups is 1. The summed E-state index contributed by atoms with van der Waals surface area (Å²) in [4.78, 5) is 10.3. The molecule has 0 aliphatic heterocycles. The Balaban J connectivity index is 2.60. The van der Waals surface area contributed by atoms with Crippen LogP contribution in [-0.4, -0.2) is 35.3 Å². The van der Waals surface area contributed by atoms with Crippen molar-refractivity contribution in [1.29, 1.82) is 0 Å². The molecule has 0 saturated heterocycles. The topological polar surface area (TPSA) is 118 Å². The van der Waals surface area contributed by atoms with Crippen molar-refractivity contribution in [1.82, 2.24) is 0 Å². The summed E-state index contributed by atoms with van der Waals surface area (Å²) < 4.78 is 29.4. The van der Waals surface area contributed by atoms with E-state index >= 15 is 0 Å². The van der Waals surface area contributed by atoms with Gasteiger partial charge in [-0.05, 0) is 6.42 Å². The van der Waals surface area contributed by atoms with E-state index in [1.54, 1.807) is 0 Å². The van der Waals surface area contributed by atoms with Crippen LogP contribution < -0.4 is 5.73 Å². The Hall–Kier alpha value is -0.660. The molecule has 1 rings (SSSR count). The van der Waals surface area contributed by atoms with Gasteiger partial charge in [0, 0.05) is 5.92 Å². The van der Waals surface area contributed by atoms with Gasteiger partial charge in [0.25, 0.3) is 10.1 Å². The van der Waals surface area contributed by atoms with Crippen molar-refractivity contribution < 1.29 is 22.9 Å². The van der Waals surface area contributed by atoms with Crippen LogP contribution in [0.2, 0.25) is 0 Å². The lowest BCUT2D eigenvalue weighted by atomic mass is 10.2. The van der Waals surface area contributed by atoms with Crippen molar-refractivity contribution in [3.8, 4) is 0 Å². The number of nitrogens with two attached hydrogens (primary N) is 1. The maximum atomic E-state index is 10.4. The van der Waals surface area contributed by atoms with Gasteiger partial charge >= 0.3 is 5.97 Å². The average molecular weight is 195 g/mol. The standard InChI is InChI=1S/C5H9NO5S/c6-4(5(7)8)2-1-3(2)12(9,10)11/h2-4H,1,6H2,(H,7,8)(H,9,10,11)/t2-,3-,4+/m0/s1. The zero-order valence-electron chi connectivity index (χ0n) is 6.04. The Morgan fingerprint density at radius 3 is 2.33 bits per heavy atom. The summed E-state index contributed by atoms with van der Waals surface area (Å²) in [5, 5.41) is 7.39. The van der Waals surface area contributed by atoms with E-state index in [1.807, 2.05) is 0 Å². The van der Waals surface area contributed by atoms with E-state index in [9.17, 15) is 13.2 Å². The third-order valence-corrected chi connectivity index (χ3v) is 3.22. The number of hydrogen-bond acceptors (Lipinski definition) is 4. The van der Waals surface area contributed by atoms with E-state index < -0.39 is 33.3 Å². The first-order valence-electron chi connectivity index (χ1n) is 3.28. The molecule has 0 aromatic rings. The van der Waals surface area contributed by atoms with Gasteiger partial charge in [-0.25, -0.2) is 0 Å². The summed E-state index contributed by atoms with van der Waals surface area (Å²) in [5.74, 6) is -1.89. The Labute approximate surface area is 69.1 Å². The minimum absolute atomic E-state index is 0.131. The largest absolute Gasteiger partial charge is 0.480 e. The Morgan fingerprint density at radius 1 is 1.58 bits per heavy atom. The SMILES string of the molecule is N[C@@H](C(=O)O)[C@H]1C[C@@H]1S(=O)(=O)O. The van der Waals surface area contributed by atoms with E-state index in [0.717, 1.165) is 0 Å². The summed E-state index contributed by atoms with van der Waals surface area (Å²) in [5.41, 5.74) is 5.13. The van der Waals surface area contributed by atoms with E-state index in [4.69, 9.17) is 15.4 Å². The van der Waals surface area contributed by atoms with Gasteiger partial charge in [-0.3, -0.25) is 9.35 Å². The molecule has 7 heteroatoms. The normalized spacial score (nSPS) is 31.2. The van der Waals surface area contributed by atoms with Gasteiger partial charge in [0.1, 0.15) is 6.04 Å². The van der Waals surface area contributed by atoms with E-state index in [2.05, 4.69) is 0 Å². The summed E-state index contributed by atoms with van der Waals surface area (Å²) >= 11 is 0. The van der Waals surface area contributed by atoms with Gasteiger partial charge in [-0.2, -0.15) is 8.42 Å². The highest BCUT2D eigenvalue weighted by Crippen LogP contribution is 2.38. The van der Waals surface area contributed by atoms with Crippen molar-refractivity contribution in [3.63, 3.8) is 0 Å². The summed E-state index contributed by atoms with van der Waals surface area (Å²) in [6.45, 7) is 0. The van der Waals surface area contributed by atoms with Crippen LogP contribution in [-0.2, 0) is 14.9 Å². The molecule has 0 unspecified atom stereocenters. The summed E-state index contributed by atoms with van der Waals surface area (Å²) in [6, 6.07) is -1.20. The van der Waals surface area contributed by atoms with Gasteiger partial charge in [0.2, 0.25) is 0 Å². The molecular weight excluding hydrogens is 186 g/mol. The molecule has 1 aliphatic carbocycles. The molecule has 70 valence electrons. The van der Waals surface area contributed by atoms with Gasteiger partial charge in [-0.15, -0.1) is 0 Å². The first-order valence-corrected chi connectivity index (χ1v) is 4.79. The van der Waals surface area contributed by atoms with Crippen molar-refractivity contribution in [2.24, 2.45) is 11.7 Å². The predicted octanol–water partition coefficient (Wildman–Crippen LogP) is -1.33. The number of hydrogen-bond donors (Lipinski definition) is 3. The van der Waals surface area contributed by atoms with Gasteiger partial charge in [0.05, 0.1) is 5.25 Å². The van der Waals surface area contributed by atoms with Crippen LogP contribution in [0, 0.1) is 5.92 Å². The van der Waals surface area contributed by atoms with Crippen LogP contribution >= 0.6 is 0 Å². The minimum Gasteiger partial charge on any atom is -0.480 e. The molecule has 0 amide bonds. The minimum atomic E-state index is -4.10. The smallest absolute Gasteiger partial charge is 0.320 e. The Morgan fingerprint density at radius 2 is 2.08 bits per heavy atom. The zero-order valence-corrected chi connectivity index (χ0v) is 6.86. The fraction of sp³-hybridized carbons (Fsp3) is 0.800. The summed E-state index contributed by atoms with van der Waals surface area (Å²) in [6.07, 6.45) is 0.131. The van der Waals surface area contributed by atoms with E-state index in [0.29, 0.717) is 0 Å². The van der Waals surface area contributed by atoms with E-state index in [1.165, 1.54) is 0 Å². The summed E-state index contributed by atoms with van der Waals surface area (Å²) in [7, 11) is -4.10. The number of aliphatic carboxylic acids is 1. The number of rotatable bonds is 3. The highest BCUT2D eigenvalue weighted by atomic mass is 32.2. The molecular formula is C5H9NO5S. The fourth-order valence-electron chi connectivity index (χ4n) is 1.09. The Kier molecular flexibility index (Phi) is 2.11. The first-order chi connectivity index (χ1) is 5.34. The molecule has 0 aromatic heterocycles. The third kappa shape index (κ3) is 1.74. The van der Waals surface area contributed by atoms with Crippen LogP contribution in [0.15, 0.2) is 0 Å². The van der Waals surface area contributed by atoms with Crippen LogP contribution in [0.1, 0.15) is 6.42 Å². The van der Waals surface area contributed by atoms with Crippen LogP contribution in [0.5, 0.6) is 0 Å². The third-order valence-electron chi connectivity index (χ3n) is 1.91. The highest BCUT2D eigenvalue weighted by Gasteiger charge is 2.52. The lowest BCUT2D eigenvalue weighted by molar-refractivity contribution is -0.139. The average Bonchev–Trinajstić information content (AvgIpc) is 2.61. The fourth-order valence-corrected chi connectivity index (χ4v) is 2.17. The van der Waals surface area contributed by atoms with E-state index in [-0.39, 0.29) is 6.42 Å². The van der Waals surface area contributed by atoms with Crippen LogP contribution in [0.25, 0.3) is 0 Å². The van der Waals surface area contributed by atoms with Gasteiger partial charge in [0.15, 0.2) is 0 Å². The monoisotopic (exact) mass is 195 g/mol. The molecule has 0 radical (unpaired) electrons. The molecule has 0 spiro atoms. The molecule has 1 saturated carbocycles. The molecule has 0 bridgehead atoms. The maximum Gasteiger partial charge on any atom is 0.320 e. The quantitative estimate of drug-likeness (QED) is 0.480. The van der Waals surface area contributed by atoms with Crippen LogP contribution in [0.4, 0.5) is 0 Å². The molecule has 3 atom stereocenters. The molecule has 0 heterocycles. The second-order valence-electron chi connectivity index (χ2n) is 2.82. The van der Waals surface area contributed by atoms with Crippen molar-refractivity contribution in [2.45, 2.75) is 17.7 Å². The second kappa shape index (κ2) is 2.68. The number of carboxylic acid groups (broad SMARTS) is 1. The second-order valence-corrected chi connectivity index (χ2v) is 4.45. The molecule has 4 N–H and O–H groups in total.